The van der Waals surface area contributed by atoms with Gasteiger partial charge in [0.1, 0.15) is 0 Å². The summed E-state index contributed by atoms with van der Waals surface area (Å²) in [5, 5.41) is 19.8. The second kappa shape index (κ2) is 13.8. The number of amides is 4. The maximum Gasteiger partial charge on any atom is 0.321 e. The van der Waals surface area contributed by atoms with E-state index in [4.69, 9.17) is 23.2 Å². The molecule has 0 aliphatic heterocycles. The Morgan fingerprint density at radius 3 is 2.42 bits per heavy atom. The average Bonchev–Trinajstić information content (AvgIpc) is 3.28. The summed E-state index contributed by atoms with van der Waals surface area (Å²) in [5.41, 5.74) is 1.82. The lowest BCUT2D eigenvalue weighted by molar-refractivity contribution is -0.138. The minimum atomic E-state index is -1.13. The van der Waals surface area contributed by atoms with Gasteiger partial charge in [-0.15, -0.1) is 11.3 Å². The molecule has 1 atom stereocenters. The van der Waals surface area contributed by atoms with Crippen LogP contribution in [0, 0.1) is 0 Å². The number of carbonyl (C=O) groups is 4. The van der Waals surface area contributed by atoms with E-state index in [1.807, 2.05) is 30.3 Å². The van der Waals surface area contributed by atoms with Gasteiger partial charge in [-0.05, 0) is 29.3 Å². The number of urea groups is 1. The Bertz CT molecular complexity index is 1280. The second-order valence-electron chi connectivity index (χ2n) is 8.28. The van der Waals surface area contributed by atoms with E-state index < -0.39 is 30.4 Å². The molecule has 3 rings (SSSR count). The topological polar surface area (TPSA) is 141 Å². The van der Waals surface area contributed by atoms with Gasteiger partial charge in [-0.1, -0.05) is 53.5 Å². The molecule has 1 heterocycles. The molecule has 0 bridgehead atoms. The van der Waals surface area contributed by atoms with Gasteiger partial charge in [0, 0.05) is 29.0 Å². The van der Waals surface area contributed by atoms with Gasteiger partial charge >= 0.3 is 12.0 Å². The molecule has 4 amide bonds. The van der Waals surface area contributed by atoms with Crippen LogP contribution in [0.3, 0.4) is 0 Å². The summed E-state index contributed by atoms with van der Waals surface area (Å²) in [5.74, 6) is -2.07. The van der Waals surface area contributed by atoms with Crippen LogP contribution in [0.1, 0.15) is 29.3 Å². The molecular formula is C25H25Cl2N5O5S. The first-order valence-electron chi connectivity index (χ1n) is 11.3. The van der Waals surface area contributed by atoms with Crippen LogP contribution in [0.5, 0.6) is 0 Å². The first-order valence-corrected chi connectivity index (χ1v) is 13.0. The minimum Gasteiger partial charge on any atom is -0.481 e. The number of nitrogens with one attached hydrogen (secondary N) is 3. The number of carbonyl (C=O) groups excluding carboxylic acids is 3. The summed E-state index contributed by atoms with van der Waals surface area (Å²) in [7, 11) is 1.45. The molecule has 0 aliphatic rings. The van der Waals surface area contributed by atoms with Crippen LogP contribution >= 0.6 is 34.5 Å². The van der Waals surface area contributed by atoms with Crippen molar-refractivity contribution in [3.8, 4) is 0 Å². The number of anilines is 1. The predicted molar refractivity (Wildman–Crippen MR) is 145 cm³/mol. The van der Waals surface area contributed by atoms with Crippen molar-refractivity contribution in [3.63, 3.8) is 0 Å². The number of hydrogen-bond acceptors (Lipinski definition) is 6. The van der Waals surface area contributed by atoms with Gasteiger partial charge in [-0.3, -0.25) is 19.7 Å². The normalized spacial score (nSPS) is 11.3. The van der Waals surface area contributed by atoms with Crippen molar-refractivity contribution in [2.45, 2.75) is 25.4 Å². The van der Waals surface area contributed by atoms with Gasteiger partial charge in [0.05, 0.1) is 31.1 Å². The fourth-order valence-electron chi connectivity index (χ4n) is 3.40. The Labute approximate surface area is 233 Å². The number of likely N-dealkylation sites (N-methyl/N-ethyl adjacent to an activating group) is 1. The molecule has 1 aromatic heterocycles. The number of aliphatic carboxylic acids is 1. The number of aromatic nitrogens is 1. The summed E-state index contributed by atoms with van der Waals surface area (Å²) in [6, 6.07) is 12.7. The molecule has 1 unspecified atom stereocenters. The molecule has 2 aromatic carbocycles. The fourth-order valence-corrected chi connectivity index (χ4v) is 4.65. The Morgan fingerprint density at radius 1 is 1.08 bits per heavy atom. The van der Waals surface area contributed by atoms with Crippen LogP contribution in [-0.4, -0.2) is 52.4 Å². The van der Waals surface area contributed by atoms with Crippen molar-refractivity contribution in [3.05, 3.63) is 80.8 Å². The highest BCUT2D eigenvalue weighted by Gasteiger charge is 2.22. The highest BCUT2D eigenvalue weighted by molar-refractivity contribution is 7.13. The molecule has 10 nitrogen and oxygen atoms in total. The highest BCUT2D eigenvalue weighted by atomic mass is 35.5. The molecule has 4 N–H and O–H groups in total. The zero-order valence-electron chi connectivity index (χ0n) is 20.2. The monoisotopic (exact) mass is 577 g/mol. The number of carboxylic acids is 1. The number of benzene rings is 2. The van der Waals surface area contributed by atoms with Gasteiger partial charge in [0.15, 0.2) is 5.13 Å². The SMILES string of the molecule is CN(CC(=O)NC(CC(=O)O)c1cc(Cl)cc(Cl)c1)C(=O)Cc1csc(NC(=O)NCc2ccccc2)n1. The van der Waals surface area contributed by atoms with Crippen LogP contribution in [0.25, 0.3) is 0 Å². The van der Waals surface area contributed by atoms with Gasteiger partial charge in [-0.2, -0.15) is 0 Å². The van der Waals surface area contributed by atoms with E-state index in [0.717, 1.165) is 5.56 Å². The zero-order chi connectivity index (χ0) is 27.7. The van der Waals surface area contributed by atoms with Crippen molar-refractivity contribution in [1.29, 1.82) is 0 Å². The molecule has 0 saturated carbocycles. The third-order valence-corrected chi connectivity index (χ3v) is 6.45. The van der Waals surface area contributed by atoms with Crippen LogP contribution in [-0.2, 0) is 27.3 Å². The summed E-state index contributed by atoms with van der Waals surface area (Å²) in [4.78, 5) is 54.1. The van der Waals surface area contributed by atoms with E-state index in [9.17, 15) is 24.3 Å². The van der Waals surface area contributed by atoms with Crippen LogP contribution in [0.15, 0.2) is 53.9 Å². The third-order valence-electron chi connectivity index (χ3n) is 5.21. The van der Waals surface area contributed by atoms with Gasteiger partial charge in [0.2, 0.25) is 11.8 Å². The Morgan fingerprint density at radius 2 is 1.76 bits per heavy atom. The maximum absolute atomic E-state index is 12.6. The van der Waals surface area contributed by atoms with Crippen molar-refractivity contribution in [1.82, 2.24) is 20.5 Å². The predicted octanol–water partition coefficient (Wildman–Crippen LogP) is 4.10. The average molecular weight is 578 g/mol. The van der Waals surface area contributed by atoms with E-state index in [0.29, 0.717) is 33.0 Å². The van der Waals surface area contributed by atoms with E-state index in [-0.39, 0.29) is 18.9 Å². The molecule has 200 valence electrons. The van der Waals surface area contributed by atoms with Crippen LogP contribution in [0.2, 0.25) is 10.0 Å². The largest absolute Gasteiger partial charge is 0.481 e. The molecule has 0 fully saturated rings. The Hall–Kier alpha value is -3.67. The standard InChI is InChI=1S/C25H25Cl2N5O5S/c1-32(13-21(33)30-20(11-23(35)36)16-7-17(26)9-18(27)8-16)22(34)10-19-14-38-25(29-19)31-24(37)28-12-15-5-3-2-4-6-15/h2-9,14,20H,10-13H2,1H3,(H,30,33)(H,35,36)(H2,28,29,31,37). The van der Waals surface area contributed by atoms with Crippen molar-refractivity contribution in [2.24, 2.45) is 0 Å². The Balaban J connectivity index is 1.50. The molecule has 13 heteroatoms. The number of halogens is 2. The van der Waals surface area contributed by atoms with Crippen LogP contribution < -0.4 is 16.0 Å². The first kappa shape index (κ1) is 28.9. The molecule has 0 aliphatic carbocycles. The number of thiazole rings is 1. The second-order valence-corrected chi connectivity index (χ2v) is 10.0. The van der Waals surface area contributed by atoms with Crippen molar-refractivity contribution < 1.29 is 24.3 Å². The van der Waals surface area contributed by atoms with Crippen LogP contribution in [0.4, 0.5) is 9.93 Å². The number of carboxylic acid groups (broad SMARTS) is 1. The number of rotatable bonds is 11. The quantitative estimate of drug-likeness (QED) is 0.270. The first-order chi connectivity index (χ1) is 18.1. The summed E-state index contributed by atoms with van der Waals surface area (Å²) in [6.07, 6.45) is -0.482. The number of hydrogen-bond donors (Lipinski definition) is 4. The van der Waals surface area contributed by atoms with E-state index in [1.165, 1.54) is 41.5 Å². The lowest BCUT2D eigenvalue weighted by Gasteiger charge is -2.21. The van der Waals surface area contributed by atoms with Gasteiger partial charge in [0.25, 0.3) is 0 Å². The molecule has 38 heavy (non-hydrogen) atoms. The molecule has 0 spiro atoms. The minimum absolute atomic E-state index is 0.0873. The van der Waals surface area contributed by atoms with E-state index in [2.05, 4.69) is 20.9 Å². The maximum atomic E-state index is 12.6. The fraction of sp³-hybridized carbons (Fsp3) is 0.240. The van der Waals surface area contributed by atoms with E-state index in [1.54, 1.807) is 5.38 Å². The van der Waals surface area contributed by atoms with Crippen molar-refractivity contribution >= 4 is 63.5 Å². The van der Waals surface area contributed by atoms with Gasteiger partial charge in [-0.25, -0.2) is 9.78 Å². The molecule has 0 saturated heterocycles. The lowest BCUT2D eigenvalue weighted by atomic mass is 10.0. The molecule has 0 radical (unpaired) electrons. The van der Waals surface area contributed by atoms with E-state index >= 15 is 0 Å². The molecular weight excluding hydrogens is 553 g/mol. The summed E-state index contributed by atoms with van der Waals surface area (Å²) >= 11 is 13.2. The summed E-state index contributed by atoms with van der Waals surface area (Å²) in [6.45, 7) is 0.0499. The Kier molecular flexibility index (Phi) is 10.5. The summed E-state index contributed by atoms with van der Waals surface area (Å²) < 4.78 is 0. The van der Waals surface area contributed by atoms with Gasteiger partial charge < -0.3 is 20.6 Å². The van der Waals surface area contributed by atoms with Crippen molar-refractivity contribution in [2.75, 3.05) is 18.9 Å². The smallest absolute Gasteiger partial charge is 0.321 e. The number of nitrogens with zero attached hydrogens (tertiary/aromatic N) is 2. The lowest BCUT2D eigenvalue weighted by Crippen LogP contribution is -2.40. The molecule has 3 aromatic rings. The zero-order valence-corrected chi connectivity index (χ0v) is 22.6. The third kappa shape index (κ3) is 9.33. The highest BCUT2D eigenvalue weighted by Crippen LogP contribution is 2.25.